The summed E-state index contributed by atoms with van der Waals surface area (Å²) in [5.74, 6) is 1.82. The van der Waals surface area contributed by atoms with E-state index in [9.17, 15) is 0 Å². The SMILES string of the molecule is CCCc1nc2cc(N)ccc2n1CCOCCC(C)C. The molecule has 1 aromatic carbocycles. The highest BCUT2D eigenvalue weighted by atomic mass is 16.5. The number of fused-ring (bicyclic) bond motifs is 1. The Bertz CT molecular complexity index is 575. The molecule has 1 heterocycles. The van der Waals surface area contributed by atoms with Gasteiger partial charge in [-0.15, -0.1) is 0 Å². The van der Waals surface area contributed by atoms with Crippen LogP contribution < -0.4 is 5.73 Å². The molecule has 4 heteroatoms. The van der Waals surface area contributed by atoms with Gasteiger partial charge in [-0.2, -0.15) is 0 Å². The molecule has 21 heavy (non-hydrogen) atoms. The molecule has 0 fully saturated rings. The van der Waals surface area contributed by atoms with E-state index in [-0.39, 0.29) is 0 Å². The molecular formula is C17H27N3O. The maximum atomic E-state index is 5.85. The molecule has 2 aromatic rings. The lowest BCUT2D eigenvalue weighted by Gasteiger charge is -2.10. The predicted octanol–water partition coefficient (Wildman–Crippen LogP) is 3.63. The van der Waals surface area contributed by atoms with E-state index in [2.05, 4.69) is 31.4 Å². The molecule has 0 radical (unpaired) electrons. The summed E-state index contributed by atoms with van der Waals surface area (Å²) in [7, 11) is 0. The number of benzene rings is 1. The topological polar surface area (TPSA) is 53.1 Å². The van der Waals surface area contributed by atoms with E-state index in [1.807, 2.05) is 12.1 Å². The first kappa shape index (κ1) is 15.8. The standard InChI is InChI=1S/C17H27N3O/c1-4-5-17-19-15-12-14(18)6-7-16(15)20(17)9-11-21-10-8-13(2)3/h6-7,12-13H,4-5,8-11,18H2,1-3H3. The van der Waals surface area contributed by atoms with Gasteiger partial charge in [-0.25, -0.2) is 4.98 Å². The fourth-order valence-electron chi connectivity index (χ4n) is 2.44. The molecule has 0 aliphatic carbocycles. The van der Waals surface area contributed by atoms with Crippen LogP contribution in [0.25, 0.3) is 11.0 Å². The fraction of sp³-hybridized carbons (Fsp3) is 0.588. The average Bonchev–Trinajstić information content (AvgIpc) is 2.75. The third-order valence-corrected chi connectivity index (χ3v) is 3.62. The van der Waals surface area contributed by atoms with Gasteiger partial charge in [0.2, 0.25) is 0 Å². The first-order valence-corrected chi connectivity index (χ1v) is 7.94. The minimum atomic E-state index is 0.692. The van der Waals surface area contributed by atoms with Crippen molar-refractivity contribution >= 4 is 16.7 Å². The molecule has 2 N–H and O–H groups in total. The summed E-state index contributed by atoms with van der Waals surface area (Å²) in [4.78, 5) is 4.72. The molecule has 0 spiro atoms. The maximum absolute atomic E-state index is 5.85. The van der Waals surface area contributed by atoms with Gasteiger partial charge >= 0.3 is 0 Å². The molecule has 0 saturated carbocycles. The van der Waals surface area contributed by atoms with Gasteiger partial charge in [0, 0.05) is 25.3 Å². The van der Waals surface area contributed by atoms with Gasteiger partial charge in [0.15, 0.2) is 0 Å². The van der Waals surface area contributed by atoms with Crippen molar-refractivity contribution in [3.05, 3.63) is 24.0 Å². The first-order chi connectivity index (χ1) is 10.1. The Morgan fingerprint density at radius 1 is 1.29 bits per heavy atom. The molecule has 0 atom stereocenters. The second-order valence-corrected chi connectivity index (χ2v) is 5.97. The Kier molecular flexibility index (Phi) is 5.62. The van der Waals surface area contributed by atoms with Crippen molar-refractivity contribution < 1.29 is 4.74 Å². The number of aromatic nitrogens is 2. The van der Waals surface area contributed by atoms with Gasteiger partial charge in [-0.05, 0) is 37.0 Å². The molecule has 0 bridgehead atoms. The van der Waals surface area contributed by atoms with Gasteiger partial charge in [0.05, 0.1) is 17.6 Å². The maximum Gasteiger partial charge on any atom is 0.109 e. The van der Waals surface area contributed by atoms with Gasteiger partial charge in [0.1, 0.15) is 5.82 Å². The summed E-state index contributed by atoms with van der Waals surface area (Å²) in [6.07, 6.45) is 3.19. The Morgan fingerprint density at radius 2 is 2.10 bits per heavy atom. The van der Waals surface area contributed by atoms with Crippen LogP contribution in [0.15, 0.2) is 18.2 Å². The number of rotatable bonds is 8. The smallest absolute Gasteiger partial charge is 0.109 e. The largest absolute Gasteiger partial charge is 0.399 e. The molecule has 116 valence electrons. The number of hydrogen-bond acceptors (Lipinski definition) is 3. The highest BCUT2D eigenvalue weighted by Gasteiger charge is 2.10. The van der Waals surface area contributed by atoms with Crippen LogP contribution in [0, 0.1) is 5.92 Å². The molecule has 0 saturated heterocycles. The average molecular weight is 289 g/mol. The van der Waals surface area contributed by atoms with Gasteiger partial charge in [0.25, 0.3) is 0 Å². The van der Waals surface area contributed by atoms with E-state index in [4.69, 9.17) is 15.5 Å². The summed E-state index contributed by atoms with van der Waals surface area (Å²) < 4.78 is 8.02. The van der Waals surface area contributed by atoms with Crippen molar-refractivity contribution in [1.29, 1.82) is 0 Å². The molecule has 0 amide bonds. The van der Waals surface area contributed by atoms with Crippen LogP contribution in [0.3, 0.4) is 0 Å². The van der Waals surface area contributed by atoms with E-state index in [1.165, 1.54) is 0 Å². The van der Waals surface area contributed by atoms with Crippen LogP contribution in [-0.4, -0.2) is 22.8 Å². The summed E-state index contributed by atoms with van der Waals surface area (Å²) in [6, 6.07) is 5.95. The van der Waals surface area contributed by atoms with Crippen molar-refractivity contribution in [1.82, 2.24) is 9.55 Å². The van der Waals surface area contributed by atoms with Crippen molar-refractivity contribution in [2.75, 3.05) is 18.9 Å². The van der Waals surface area contributed by atoms with Crippen molar-refractivity contribution in [3.8, 4) is 0 Å². The Hall–Kier alpha value is -1.55. The van der Waals surface area contributed by atoms with Crippen LogP contribution in [-0.2, 0) is 17.7 Å². The number of imidazole rings is 1. The van der Waals surface area contributed by atoms with Crippen LogP contribution in [0.4, 0.5) is 5.69 Å². The highest BCUT2D eigenvalue weighted by Crippen LogP contribution is 2.20. The van der Waals surface area contributed by atoms with Crippen molar-refractivity contribution in [2.24, 2.45) is 5.92 Å². The number of aryl methyl sites for hydroxylation is 1. The van der Waals surface area contributed by atoms with Crippen molar-refractivity contribution in [3.63, 3.8) is 0 Å². The molecule has 1 aromatic heterocycles. The van der Waals surface area contributed by atoms with Crippen LogP contribution >= 0.6 is 0 Å². The van der Waals surface area contributed by atoms with Crippen LogP contribution in [0.5, 0.6) is 0 Å². The summed E-state index contributed by atoms with van der Waals surface area (Å²) in [6.45, 7) is 9.04. The predicted molar refractivity (Wildman–Crippen MR) is 88.4 cm³/mol. The zero-order valence-corrected chi connectivity index (χ0v) is 13.4. The zero-order valence-electron chi connectivity index (χ0n) is 13.4. The normalized spacial score (nSPS) is 11.6. The lowest BCUT2D eigenvalue weighted by molar-refractivity contribution is 0.116. The monoisotopic (exact) mass is 289 g/mol. The summed E-state index contributed by atoms with van der Waals surface area (Å²) in [5, 5.41) is 0. The number of anilines is 1. The van der Waals surface area contributed by atoms with E-state index >= 15 is 0 Å². The lowest BCUT2D eigenvalue weighted by Crippen LogP contribution is -2.10. The van der Waals surface area contributed by atoms with E-state index in [0.29, 0.717) is 5.92 Å². The number of ether oxygens (including phenoxy) is 1. The second-order valence-electron chi connectivity index (χ2n) is 5.97. The molecule has 4 nitrogen and oxygen atoms in total. The minimum absolute atomic E-state index is 0.692. The number of nitrogens with zero attached hydrogens (tertiary/aromatic N) is 2. The van der Waals surface area contributed by atoms with Gasteiger partial charge in [-0.1, -0.05) is 20.8 Å². The number of nitrogens with two attached hydrogens (primary N) is 1. The van der Waals surface area contributed by atoms with Crippen LogP contribution in [0.2, 0.25) is 0 Å². The van der Waals surface area contributed by atoms with Gasteiger partial charge in [-0.3, -0.25) is 0 Å². The molecule has 0 aliphatic heterocycles. The lowest BCUT2D eigenvalue weighted by atomic mass is 10.1. The number of nitrogen functional groups attached to an aromatic ring is 1. The third kappa shape index (κ3) is 4.21. The molecule has 0 aliphatic rings. The van der Waals surface area contributed by atoms with E-state index in [0.717, 1.165) is 61.6 Å². The highest BCUT2D eigenvalue weighted by molar-refractivity contribution is 5.79. The van der Waals surface area contributed by atoms with E-state index < -0.39 is 0 Å². The summed E-state index contributed by atoms with van der Waals surface area (Å²) >= 11 is 0. The third-order valence-electron chi connectivity index (χ3n) is 3.62. The molecular weight excluding hydrogens is 262 g/mol. The second kappa shape index (κ2) is 7.46. The summed E-state index contributed by atoms with van der Waals surface area (Å²) in [5.41, 5.74) is 8.76. The minimum Gasteiger partial charge on any atom is -0.399 e. The van der Waals surface area contributed by atoms with Crippen LogP contribution in [0.1, 0.15) is 39.4 Å². The van der Waals surface area contributed by atoms with E-state index in [1.54, 1.807) is 0 Å². The first-order valence-electron chi connectivity index (χ1n) is 7.94. The number of hydrogen-bond donors (Lipinski definition) is 1. The Balaban J connectivity index is 2.07. The molecule has 0 unspecified atom stereocenters. The Morgan fingerprint density at radius 3 is 2.81 bits per heavy atom. The fourth-order valence-corrected chi connectivity index (χ4v) is 2.44. The Labute approximate surface area is 127 Å². The molecule has 2 rings (SSSR count). The van der Waals surface area contributed by atoms with Crippen molar-refractivity contribution in [2.45, 2.75) is 46.6 Å². The van der Waals surface area contributed by atoms with Gasteiger partial charge < -0.3 is 15.0 Å². The zero-order chi connectivity index (χ0) is 15.2. The quantitative estimate of drug-likeness (QED) is 0.596.